The lowest BCUT2D eigenvalue weighted by Gasteiger charge is -2.37. The molecule has 1 rings (SSSR count). The summed E-state index contributed by atoms with van der Waals surface area (Å²) in [5.41, 5.74) is 0.292. The van der Waals surface area contributed by atoms with Crippen LogP contribution in [-0.2, 0) is 4.74 Å². The molecule has 0 fully saturated rings. The van der Waals surface area contributed by atoms with Gasteiger partial charge in [-0.15, -0.1) is 0 Å². The molecule has 0 aliphatic rings. The quantitative estimate of drug-likeness (QED) is 0.803. The van der Waals surface area contributed by atoms with Crippen LogP contribution in [0.25, 0.3) is 0 Å². The van der Waals surface area contributed by atoms with Crippen molar-refractivity contribution in [1.29, 1.82) is 0 Å². The minimum atomic E-state index is -0.561. The van der Waals surface area contributed by atoms with Crippen molar-refractivity contribution in [2.24, 2.45) is 5.41 Å². The molecule has 120 valence electrons. The Kier molecular flexibility index (Phi) is 6.75. The first-order valence-corrected chi connectivity index (χ1v) is 7.61. The Morgan fingerprint density at radius 1 is 1.19 bits per heavy atom. The van der Waals surface area contributed by atoms with Crippen molar-refractivity contribution in [2.45, 2.75) is 53.2 Å². The first kappa shape index (κ1) is 18.1. The fourth-order valence-electron chi connectivity index (χ4n) is 2.46. The third-order valence-corrected chi connectivity index (χ3v) is 3.41. The predicted molar refractivity (Wildman–Crippen MR) is 82.3 cm³/mol. The molecule has 0 bridgehead atoms. The maximum Gasteiger partial charge on any atom is 0.130 e. The average Bonchev–Trinajstić information content (AvgIpc) is 2.38. The number of ether oxygens (including phenoxy) is 1. The molecule has 0 amide bonds. The van der Waals surface area contributed by atoms with Gasteiger partial charge < -0.3 is 10.1 Å². The van der Waals surface area contributed by atoms with Gasteiger partial charge in [-0.1, -0.05) is 33.8 Å². The van der Waals surface area contributed by atoms with Gasteiger partial charge >= 0.3 is 0 Å². The van der Waals surface area contributed by atoms with Crippen molar-refractivity contribution in [3.63, 3.8) is 0 Å². The van der Waals surface area contributed by atoms with Gasteiger partial charge in [-0.25, -0.2) is 8.78 Å². The fourth-order valence-corrected chi connectivity index (χ4v) is 2.46. The summed E-state index contributed by atoms with van der Waals surface area (Å²) in [6.07, 6.45) is 0.733. The van der Waals surface area contributed by atoms with Gasteiger partial charge in [0, 0.05) is 18.2 Å². The zero-order valence-electron chi connectivity index (χ0n) is 13.7. The monoisotopic (exact) mass is 299 g/mol. The molecular weight excluding hydrogens is 272 g/mol. The van der Waals surface area contributed by atoms with Gasteiger partial charge in [-0.2, -0.15) is 0 Å². The number of benzene rings is 1. The molecule has 0 radical (unpaired) electrons. The summed E-state index contributed by atoms with van der Waals surface area (Å²) < 4.78 is 33.2. The molecule has 0 aliphatic heterocycles. The molecule has 1 aromatic rings. The van der Waals surface area contributed by atoms with Gasteiger partial charge in [0.15, 0.2) is 0 Å². The molecule has 1 aromatic carbocycles. The van der Waals surface area contributed by atoms with Crippen LogP contribution in [0.15, 0.2) is 18.2 Å². The molecule has 2 nitrogen and oxygen atoms in total. The molecule has 0 saturated heterocycles. The molecule has 0 heterocycles. The van der Waals surface area contributed by atoms with Crippen LogP contribution in [0.2, 0.25) is 0 Å². The van der Waals surface area contributed by atoms with Gasteiger partial charge in [0.2, 0.25) is 0 Å². The van der Waals surface area contributed by atoms with Crippen LogP contribution >= 0.6 is 0 Å². The normalized spacial score (nSPS) is 15.0. The van der Waals surface area contributed by atoms with Crippen LogP contribution in [0.5, 0.6) is 0 Å². The molecule has 4 heteroatoms. The van der Waals surface area contributed by atoms with E-state index >= 15 is 0 Å². The average molecular weight is 299 g/mol. The van der Waals surface area contributed by atoms with E-state index in [0.717, 1.165) is 19.0 Å². The Morgan fingerprint density at radius 3 is 2.33 bits per heavy atom. The highest BCUT2D eigenvalue weighted by atomic mass is 19.1. The summed E-state index contributed by atoms with van der Waals surface area (Å²) in [4.78, 5) is 0. The summed E-state index contributed by atoms with van der Waals surface area (Å²) in [5, 5.41) is 3.35. The van der Waals surface area contributed by atoms with Gasteiger partial charge in [0.25, 0.3) is 0 Å². The van der Waals surface area contributed by atoms with Crippen LogP contribution in [-0.4, -0.2) is 19.3 Å². The Labute approximate surface area is 126 Å². The second-order valence-corrected chi connectivity index (χ2v) is 6.34. The molecule has 0 spiro atoms. The standard InChI is InChI=1S/C17H27F2NO/c1-6-10-20-15(16(21-7-2)17(3,4)5)13-9-8-12(18)11-14(13)19/h8-9,11,15-16,20H,6-7,10H2,1-5H3. The summed E-state index contributed by atoms with van der Waals surface area (Å²) in [6, 6.07) is 3.44. The Bertz CT molecular complexity index is 443. The first-order chi connectivity index (χ1) is 9.81. The lowest BCUT2D eigenvalue weighted by Crippen LogP contribution is -2.42. The van der Waals surface area contributed by atoms with Crippen LogP contribution in [0.4, 0.5) is 8.78 Å². The predicted octanol–water partition coefficient (Wildman–Crippen LogP) is 4.46. The zero-order valence-corrected chi connectivity index (χ0v) is 13.7. The minimum absolute atomic E-state index is 0.164. The molecule has 0 aliphatic carbocycles. The van der Waals surface area contributed by atoms with Crippen molar-refractivity contribution >= 4 is 0 Å². The highest BCUT2D eigenvalue weighted by Crippen LogP contribution is 2.34. The van der Waals surface area contributed by atoms with Gasteiger partial charge in [0.05, 0.1) is 12.1 Å². The number of nitrogens with one attached hydrogen (secondary N) is 1. The van der Waals surface area contributed by atoms with Gasteiger partial charge in [-0.05, 0) is 31.4 Å². The number of hydrogen-bond donors (Lipinski definition) is 1. The van der Waals surface area contributed by atoms with E-state index in [4.69, 9.17) is 4.74 Å². The summed E-state index contributed by atoms with van der Waals surface area (Å²) in [6.45, 7) is 11.5. The molecule has 0 aromatic heterocycles. The van der Waals surface area contributed by atoms with Crippen molar-refractivity contribution in [3.05, 3.63) is 35.4 Å². The van der Waals surface area contributed by atoms with Gasteiger partial charge in [0.1, 0.15) is 11.6 Å². The smallest absolute Gasteiger partial charge is 0.130 e. The third-order valence-electron chi connectivity index (χ3n) is 3.41. The van der Waals surface area contributed by atoms with E-state index in [0.29, 0.717) is 12.2 Å². The van der Waals surface area contributed by atoms with Gasteiger partial charge in [-0.3, -0.25) is 0 Å². The minimum Gasteiger partial charge on any atom is -0.376 e. The van der Waals surface area contributed by atoms with E-state index in [9.17, 15) is 8.78 Å². The summed E-state index contributed by atoms with van der Waals surface area (Å²) >= 11 is 0. The molecule has 2 unspecified atom stereocenters. The number of rotatable bonds is 7. The second kappa shape index (κ2) is 7.85. The number of hydrogen-bond acceptors (Lipinski definition) is 2. The van der Waals surface area contributed by atoms with Crippen molar-refractivity contribution in [2.75, 3.05) is 13.2 Å². The molecule has 0 saturated carbocycles. The van der Waals surface area contributed by atoms with E-state index in [2.05, 4.69) is 33.0 Å². The maximum absolute atomic E-state index is 14.2. The third kappa shape index (κ3) is 5.04. The summed E-state index contributed by atoms with van der Waals surface area (Å²) in [7, 11) is 0. The number of halogens is 2. The van der Waals surface area contributed by atoms with E-state index in [1.165, 1.54) is 12.1 Å². The Hall–Kier alpha value is -1.00. The van der Waals surface area contributed by atoms with E-state index < -0.39 is 11.6 Å². The molecule has 2 atom stereocenters. The summed E-state index contributed by atoms with van der Waals surface area (Å²) in [5.74, 6) is -1.09. The largest absolute Gasteiger partial charge is 0.376 e. The topological polar surface area (TPSA) is 21.3 Å². The van der Waals surface area contributed by atoms with E-state index in [-0.39, 0.29) is 17.6 Å². The van der Waals surface area contributed by atoms with Crippen molar-refractivity contribution in [1.82, 2.24) is 5.32 Å². The molecular formula is C17H27F2NO. The maximum atomic E-state index is 14.2. The van der Waals surface area contributed by atoms with Crippen molar-refractivity contribution in [3.8, 4) is 0 Å². The highest BCUT2D eigenvalue weighted by molar-refractivity contribution is 5.24. The van der Waals surface area contributed by atoms with Crippen LogP contribution in [0.1, 0.15) is 52.6 Å². The lowest BCUT2D eigenvalue weighted by molar-refractivity contribution is -0.0372. The van der Waals surface area contributed by atoms with Crippen LogP contribution in [0, 0.1) is 17.0 Å². The zero-order chi connectivity index (χ0) is 16.0. The van der Waals surface area contributed by atoms with Crippen LogP contribution < -0.4 is 5.32 Å². The van der Waals surface area contributed by atoms with E-state index in [1.54, 1.807) is 0 Å². The molecule has 1 N–H and O–H groups in total. The Morgan fingerprint density at radius 2 is 1.86 bits per heavy atom. The highest BCUT2D eigenvalue weighted by Gasteiger charge is 2.35. The van der Waals surface area contributed by atoms with Crippen LogP contribution in [0.3, 0.4) is 0 Å². The molecule has 21 heavy (non-hydrogen) atoms. The first-order valence-electron chi connectivity index (χ1n) is 7.61. The van der Waals surface area contributed by atoms with E-state index in [1.807, 2.05) is 6.92 Å². The van der Waals surface area contributed by atoms with Crippen molar-refractivity contribution < 1.29 is 13.5 Å². The SMILES string of the molecule is CCCNC(c1ccc(F)cc1F)C(OCC)C(C)(C)C. The Balaban J connectivity index is 3.18. The fraction of sp³-hybridized carbons (Fsp3) is 0.647. The second-order valence-electron chi connectivity index (χ2n) is 6.34. The lowest BCUT2D eigenvalue weighted by atomic mass is 9.81.